The largest absolute Gasteiger partial charge is 0.506 e. The molecule has 0 bridgehead atoms. The van der Waals surface area contributed by atoms with Crippen LogP contribution in [0, 0.1) is 0 Å². The van der Waals surface area contributed by atoms with Crippen LogP contribution in [0.15, 0.2) is 48.7 Å². The molecule has 1 aromatic heterocycles. The summed E-state index contributed by atoms with van der Waals surface area (Å²) in [5.41, 5.74) is 2.94. The predicted molar refractivity (Wildman–Crippen MR) is 110 cm³/mol. The van der Waals surface area contributed by atoms with Gasteiger partial charge in [0.15, 0.2) is 0 Å². The number of halogens is 1. The summed E-state index contributed by atoms with van der Waals surface area (Å²) in [6, 6.07) is 13.8. The van der Waals surface area contributed by atoms with Crippen molar-refractivity contribution in [3.8, 4) is 5.75 Å². The molecule has 1 aliphatic rings. The van der Waals surface area contributed by atoms with E-state index in [9.17, 15) is 10.2 Å². The number of benzene rings is 2. The highest BCUT2D eigenvalue weighted by atomic mass is 35.5. The molecular weight excluding hydrogens is 362 g/mol. The summed E-state index contributed by atoms with van der Waals surface area (Å²) in [5.74, 6) is 0.237. The highest BCUT2D eigenvalue weighted by Gasteiger charge is 2.21. The summed E-state index contributed by atoms with van der Waals surface area (Å²) in [7, 11) is 0. The third-order valence-corrected chi connectivity index (χ3v) is 5.58. The molecule has 0 radical (unpaired) electrons. The molecule has 3 aromatic rings. The molecule has 27 heavy (non-hydrogen) atoms. The number of rotatable bonds is 5. The number of nitrogens with one attached hydrogen (secondary N) is 1. The molecule has 3 N–H and O–H groups in total. The van der Waals surface area contributed by atoms with Gasteiger partial charge in [0.2, 0.25) is 0 Å². The number of nitrogens with zero attached hydrogens (tertiary/aromatic N) is 2. The van der Waals surface area contributed by atoms with Gasteiger partial charge in [0.1, 0.15) is 5.75 Å². The van der Waals surface area contributed by atoms with E-state index in [-0.39, 0.29) is 5.75 Å². The van der Waals surface area contributed by atoms with Crippen LogP contribution in [0.4, 0.5) is 5.69 Å². The second-order valence-corrected chi connectivity index (χ2v) is 7.52. The summed E-state index contributed by atoms with van der Waals surface area (Å²) in [4.78, 5) is 7.63. The molecule has 5 nitrogen and oxygen atoms in total. The number of hydrogen-bond acceptors (Lipinski definition) is 4. The van der Waals surface area contributed by atoms with Gasteiger partial charge in [-0.25, -0.2) is 0 Å². The van der Waals surface area contributed by atoms with Crippen LogP contribution in [0.25, 0.3) is 10.9 Å². The minimum atomic E-state index is -0.475. The first-order valence-electron chi connectivity index (χ1n) is 9.29. The summed E-state index contributed by atoms with van der Waals surface area (Å²) in [5, 5.41) is 22.2. The number of β-amino-alcohol motifs (C(OH)–C–C–N with tert-alkyl or cyclic N) is 1. The monoisotopic (exact) mass is 385 g/mol. The van der Waals surface area contributed by atoms with Crippen LogP contribution in [0.2, 0.25) is 5.02 Å². The molecule has 0 aliphatic carbocycles. The SMILES string of the molecule is Oc1c[nH]c2cccc(CC(O)CN3CCN(c4ccccc4Cl)CC3)c12. The second-order valence-electron chi connectivity index (χ2n) is 7.11. The number of fused-ring (bicyclic) bond motifs is 1. The summed E-state index contributed by atoms with van der Waals surface area (Å²) in [6.07, 6.45) is 1.64. The Labute approximate surface area is 163 Å². The maximum absolute atomic E-state index is 10.6. The Kier molecular flexibility index (Phi) is 5.25. The minimum absolute atomic E-state index is 0.237. The molecule has 0 saturated carbocycles. The Morgan fingerprint density at radius 2 is 1.81 bits per heavy atom. The first-order valence-corrected chi connectivity index (χ1v) is 9.67. The number of aromatic amines is 1. The van der Waals surface area contributed by atoms with Crippen molar-refractivity contribution in [1.29, 1.82) is 0 Å². The Hall–Kier alpha value is -2.21. The van der Waals surface area contributed by atoms with Crippen molar-refractivity contribution >= 4 is 28.2 Å². The molecule has 142 valence electrons. The van der Waals surface area contributed by atoms with Crippen LogP contribution in [0.1, 0.15) is 5.56 Å². The number of piperazine rings is 1. The molecule has 1 atom stereocenters. The Morgan fingerprint density at radius 1 is 1.04 bits per heavy atom. The lowest BCUT2D eigenvalue weighted by molar-refractivity contribution is 0.109. The number of aromatic nitrogens is 1. The molecule has 2 heterocycles. The Bertz CT molecular complexity index is 919. The molecule has 1 aliphatic heterocycles. The van der Waals surface area contributed by atoms with E-state index in [1.807, 2.05) is 36.4 Å². The lowest BCUT2D eigenvalue weighted by atomic mass is 10.0. The smallest absolute Gasteiger partial charge is 0.141 e. The fraction of sp³-hybridized carbons (Fsp3) is 0.333. The van der Waals surface area contributed by atoms with Gasteiger partial charge in [-0.15, -0.1) is 0 Å². The van der Waals surface area contributed by atoms with Crippen molar-refractivity contribution in [2.75, 3.05) is 37.6 Å². The summed E-state index contributed by atoms with van der Waals surface area (Å²) in [6.45, 7) is 4.19. The maximum atomic E-state index is 10.6. The van der Waals surface area contributed by atoms with Crippen LogP contribution in [0.5, 0.6) is 5.75 Å². The van der Waals surface area contributed by atoms with Crippen molar-refractivity contribution in [2.45, 2.75) is 12.5 Å². The van der Waals surface area contributed by atoms with Crippen molar-refractivity contribution in [3.05, 3.63) is 59.2 Å². The van der Waals surface area contributed by atoms with Crippen LogP contribution in [-0.4, -0.2) is 58.9 Å². The Balaban J connectivity index is 1.35. The zero-order valence-corrected chi connectivity index (χ0v) is 15.9. The zero-order chi connectivity index (χ0) is 18.8. The highest BCUT2D eigenvalue weighted by molar-refractivity contribution is 6.33. The van der Waals surface area contributed by atoms with Gasteiger partial charge in [0.05, 0.1) is 16.8 Å². The van der Waals surface area contributed by atoms with Crippen LogP contribution < -0.4 is 4.90 Å². The maximum Gasteiger partial charge on any atom is 0.141 e. The quantitative estimate of drug-likeness (QED) is 0.631. The van der Waals surface area contributed by atoms with Gasteiger partial charge < -0.3 is 20.1 Å². The second kappa shape index (κ2) is 7.80. The van der Waals surface area contributed by atoms with Gasteiger partial charge >= 0.3 is 0 Å². The third kappa shape index (κ3) is 3.90. The molecule has 4 rings (SSSR count). The molecule has 2 aromatic carbocycles. The number of hydrogen-bond donors (Lipinski definition) is 3. The average Bonchev–Trinajstić information content (AvgIpc) is 3.05. The van der Waals surface area contributed by atoms with E-state index in [1.54, 1.807) is 6.20 Å². The highest BCUT2D eigenvalue weighted by Crippen LogP contribution is 2.29. The van der Waals surface area contributed by atoms with E-state index in [4.69, 9.17) is 11.6 Å². The van der Waals surface area contributed by atoms with Gasteiger partial charge in [-0.3, -0.25) is 4.90 Å². The van der Waals surface area contributed by atoms with E-state index in [1.165, 1.54) is 0 Å². The molecule has 0 amide bonds. The number of H-pyrrole nitrogens is 1. The molecular formula is C21H24ClN3O2. The van der Waals surface area contributed by atoms with Crippen LogP contribution in [-0.2, 0) is 6.42 Å². The molecule has 1 fully saturated rings. The van der Waals surface area contributed by atoms with Crippen molar-refractivity contribution in [2.24, 2.45) is 0 Å². The molecule has 1 unspecified atom stereocenters. The number of anilines is 1. The van der Waals surface area contributed by atoms with Gasteiger partial charge in [0.25, 0.3) is 0 Å². The third-order valence-electron chi connectivity index (χ3n) is 5.26. The molecule has 6 heteroatoms. The van der Waals surface area contributed by atoms with E-state index in [0.29, 0.717) is 13.0 Å². The van der Waals surface area contributed by atoms with E-state index in [0.717, 1.165) is 53.4 Å². The van der Waals surface area contributed by atoms with Gasteiger partial charge in [-0.2, -0.15) is 0 Å². The van der Waals surface area contributed by atoms with Gasteiger partial charge in [-0.05, 0) is 23.8 Å². The molecule has 0 spiro atoms. The first-order chi connectivity index (χ1) is 13.1. The number of aromatic hydroxyl groups is 1. The van der Waals surface area contributed by atoms with Crippen LogP contribution >= 0.6 is 11.6 Å². The van der Waals surface area contributed by atoms with Crippen molar-refractivity contribution < 1.29 is 10.2 Å². The van der Waals surface area contributed by atoms with Gasteiger partial charge in [-0.1, -0.05) is 35.9 Å². The first kappa shape index (κ1) is 18.2. The fourth-order valence-electron chi connectivity index (χ4n) is 3.91. The summed E-state index contributed by atoms with van der Waals surface area (Å²) < 4.78 is 0. The fourth-order valence-corrected chi connectivity index (χ4v) is 4.16. The van der Waals surface area contributed by atoms with E-state index >= 15 is 0 Å². The average molecular weight is 386 g/mol. The molecule has 1 saturated heterocycles. The lowest BCUT2D eigenvalue weighted by Gasteiger charge is -2.37. The topological polar surface area (TPSA) is 62.7 Å². The zero-order valence-electron chi connectivity index (χ0n) is 15.1. The van der Waals surface area contributed by atoms with E-state index < -0.39 is 6.10 Å². The standard InChI is InChI=1S/C21H24ClN3O2/c22-17-5-1-2-7-19(17)25-10-8-24(9-11-25)14-16(26)12-15-4-3-6-18-21(15)20(27)13-23-18/h1-7,13,16,23,26-27H,8-12,14H2. The van der Waals surface area contributed by atoms with Gasteiger partial charge in [0, 0.05) is 56.2 Å². The summed E-state index contributed by atoms with van der Waals surface area (Å²) >= 11 is 6.30. The lowest BCUT2D eigenvalue weighted by Crippen LogP contribution is -2.49. The predicted octanol–water partition coefficient (Wildman–Crippen LogP) is 3.25. The van der Waals surface area contributed by atoms with Crippen molar-refractivity contribution in [1.82, 2.24) is 9.88 Å². The minimum Gasteiger partial charge on any atom is -0.506 e. The van der Waals surface area contributed by atoms with Crippen LogP contribution in [0.3, 0.4) is 0 Å². The number of aliphatic hydroxyl groups is 1. The van der Waals surface area contributed by atoms with Crippen molar-refractivity contribution in [3.63, 3.8) is 0 Å². The number of aliphatic hydroxyl groups excluding tert-OH is 1. The van der Waals surface area contributed by atoms with E-state index in [2.05, 4.69) is 20.9 Å². The normalized spacial score (nSPS) is 16.7. The Morgan fingerprint density at radius 3 is 2.59 bits per heavy atom. The number of para-hydroxylation sites is 1.